The van der Waals surface area contributed by atoms with E-state index in [-0.39, 0.29) is 36.1 Å². The van der Waals surface area contributed by atoms with Crippen molar-refractivity contribution in [2.45, 2.75) is 51.2 Å². The van der Waals surface area contributed by atoms with Crippen LogP contribution in [0.5, 0.6) is 0 Å². The summed E-state index contributed by atoms with van der Waals surface area (Å²) < 4.78 is 6.63. The first-order valence-corrected chi connectivity index (χ1v) is 12.8. The number of rotatable bonds is 8. The second-order valence-corrected chi connectivity index (χ2v) is 9.77. The lowest BCUT2D eigenvalue weighted by atomic mass is 9.90. The summed E-state index contributed by atoms with van der Waals surface area (Å²) in [5, 5.41) is 11.3. The van der Waals surface area contributed by atoms with Crippen LogP contribution in [-0.2, 0) is 16.1 Å². The first-order chi connectivity index (χ1) is 17.8. The number of esters is 1. The summed E-state index contributed by atoms with van der Waals surface area (Å²) in [6.07, 6.45) is 2.59. The molecule has 1 atom stereocenters. The number of aliphatic hydroxyl groups is 1. The molecule has 1 aliphatic heterocycles. The van der Waals surface area contributed by atoms with Gasteiger partial charge in [0.15, 0.2) is 0 Å². The molecule has 1 unspecified atom stereocenters. The maximum absolute atomic E-state index is 13.0. The van der Waals surface area contributed by atoms with E-state index in [1.807, 2.05) is 67.6 Å². The molecular formula is C30H34N2O5. The summed E-state index contributed by atoms with van der Waals surface area (Å²) in [6.45, 7) is 4.85. The minimum absolute atomic E-state index is 0.0375. The van der Waals surface area contributed by atoms with E-state index in [1.165, 1.54) is 16.8 Å². The molecule has 3 aromatic rings. The molecule has 1 fully saturated rings. The van der Waals surface area contributed by atoms with Gasteiger partial charge in [-0.15, -0.1) is 0 Å². The van der Waals surface area contributed by atoms with Gasteiger partial charge in [-0.05, 0) is 36.8 Å². The molecule has 1 saturated heterocycles. The second kappa shape index (κ2) is 11.6. The van der Waals surface area contributed by atoms with E-state index in [4.69, 9.17) is 4.74 Å². The van der Waals surface area contributed by atoms with E-state index >= 15 is 0 Å². The van der Waals surface area contributed by atoms with Gasteiger partial charge in [0.1, 0.15) is 0 Å². The van der Waals surface area contributed by atoms with Crippen LogP contribution in [0.15, 0.2) is 77.7 Å². The monoisotopic (exact) mass is 502 g/mol. The zero-order valence-electron chi connectivity index (χ0n) is 21.4. The zero-order valence-corrected chi connectivity index (χ0v) is 21.4. The molecule has 0 bridgehead atoms. The average Bonchev–Trinajstić information content (AvgIpc) is 2.91. The highest BCUT2D eigenvalue weighted by molar-refractivity contribution is 5.96. The third-order valence-corrected chi connectivity index (χ3v) is 7.07. The predicted molar refractivity (Wildman–Crippen MR) is 142 cm³/mol. The van der Waals surface area contributed by atoms with Crippen LogP contribution in [0.3, 0.4) is 0 Å². The molecule has 1 amide bonds. The molecule has 4 rings (SSSR count). The van der Waals surface area contributed by atoms with Gasteiger partial charge in [-0.25, -0.2) is 4.79 Å². The Morgan fingerprint density at radius 1 is 1.03 bits per heavy atom. The molecule has 1 N–H and O–H groups in total. The Morgan fingerprint density at radius 2 is 1.65 bits per heavy atom. The molecule has 0 radical (unpaired) electrons. The van der Waals surface area contributed by atoms with Crippen molar-refractivity contribution >= 4 is 11.9 Å². The average molecular weight is 503 g/mol. The molecule has 0 saturated carbocycles. The number of carbonyl (C=O) groups excluding carboxylic acids is 2. The van der Waals surface area contributed by atoms with Crippen LogP contribution in [0.4, 0.5) is 0 Å². The van der Waals surface area contributed by atoms with Gasteiger partial charge in [0.25, 0.3) is 5.56 Å². The molecule has 1 aromatic heterocycles. The molecule has 0 aliphatic carbocycles. The van der Waals surface area contributed by atoms with Gasteiger partial charge >= 0.3 is 5.97 Å². The quantitative estimate of drug-likeness (QED) is 0.466. The van der Waals surface area contributed by atoms with Crippen LogP contribution in [0.1, 0.15) is 54.9 Å². The molecule has 2 aromatic carbocycles. The lowest BCUT2D eigenvalue weighted by Crippen LogP contribution is -2.49. The molecule has 2 heterocycles. The number of pyridine rings is 1. The van der Waals surface area contributed by atoms with Crippen molar-refractivity contribution in [2.75, 3.05) is 19.7 Å². The molecule has 0 spiro atoms. The number of hydrogen-bond donors (Lipinski definition) is 1. The summed E-state index contributed by atoms with van der Waals surface area (Å²) in [6, 6.07) is 20.6. The van der Waals surface area contributed by atoms with Gasteiger partial charge in [-0.1, -0.05) is 67.6 Å². The fraction of sp³-hybridized carbons (Fsp3) is 0.367. The fourth-order valence-corrected chi connectivity index (χ4v) is 4.86. The Kier molecular flexibility index (Phi) is 8.24. The zero-order chi connectivity index (χ0) is 26.4. The first-order valence-electron chi connectivity index (χ1n) is 12.8. The van der Waals surface area contributed by atoms with E-state index < -0.39 is 11.6 Å². The smallest absolute Gasteiger partial charge is 0.340 e. The Labute approximate surface area is 217 Å². The summed E-state index contributed by atoms with van der Waals surface area (Å²) in [4.78, 5) is 40.5. The topological polar surface area (TPSA) is 88.8 Å². The highest BCUT2D eigenvalue weighted by Gasteiger charge is 2.35. The molecular weight excluding hydrogens is 468 g/mol. The van der Waals surface area contributed by atoms with Crippen molar-refractivity contribution < 1.29 is 19.4 Å². The molecule has 37 heavy (non-hydrogen) atoms. The van der Waals surface area contributed by atoms with Gasteiger partial charge in [-0.2, -0.15) is 0 Å². The number of hydrogen-bond acceptors (Lipinski definition) is 5. The van der Waals surface area contributed by atoms with Crippen molar-refractivity contribution in [2.24, 2.45) is 0 Å². The number of ether oxygens (including phenoxy) is 1. The maximum Gasteiger partial charge on any atom is 0.340 e. The Morgan fingerprint density at radius 3 is 2.27 bits per heavy atom. The van der Waals surface area contributed by atoms with Crippen molar-refractivity contribution in [1.82, 2.24) is 9.47 Å². The normalized spacial score (nSPS) is 15.7. The maximum atomic E-state index is 13.0. The van der Waals surface area contributed by atoms with Crippen LogP contribution in [0.2, 0.25) is 0 Å². The largest absolute Gasteiger partial charge is 0.462 e. The minimum atomic E-state index is -1.16. The molecule has 7 heteroatoms. The predicted octanol–water partition coefficient (Wildman–Crippen LogP) is 4.24. The summed E-state index contributed by atoms with van der Waals surface area (Å²) in [7, 11) is 0. The number of benzene rings is 2. The van der Waals surface area contributed by atoms with Gasteiger partial charge in [-0.3, -0.25) is 9.59 Å². The third-order valence-electron chi connectivity index (χ3n) is 7.07. The first kappa shape index (κ1) is 26.4. The minimum Gasteiger partial charge on any atom is -0.462 e. The van der Waals surface area contributed by atoms with E-state index in [2.05, 4.69) is 0 Å². The third kappa shape index (κ3) is 6.35. The van der Waals surface area contributed by atoms with Gasteiger partial charge in [0, 0.05) is 37.3 Å². The number of aromatic nitrogens is 1. The van der Waals surface area contributed by atoms with Crippen LogP contribution in [0.25, 0.3) is 11.1 Å². The number of likely N-dealkylation sites (tertiary alicyclic amines) is 1. The van der Waals surface area contributed by atoms with Crippen LogP contribution in [0, 0.1) is 0 Å². The number of nitrogens with zero attached hydrogens (tertiary/aromatic N) is 2. The van der Waals surface area contributed by atoms with Crippen LogP contribution in [-0.4, -0.2) is 51.7 Å². The van der Waals surface area contributed by atoms with E-state index in [1.54, 1.807) is 11.8 Å². The summed E-state index contributed by atoms with van der Waals surface area (Å²) >= 11 is 0. The highest BCUT2D eigenvalue weighted by atomic mass is 16.5. The van der Waals surface area contributed by atoms with Gasteiger partial charge in [0.05, 0.1) is 24.3 Å². The SMILES string of the molecule is CCOC(=O)c1cn(CC2(O)CCN(C(=O)CC(C)c3ccccc3)CC2)c(=O)cc1-c1ccccc1. The molecule has 194 valence electrons. The molecule has 1 aliphatic rings. The van der Waals surface area contributed by atoms with Gasteiger partial charge in [0.2, 0.25) is 5.91 Å². The van der Waals surface area contributed by atoms with Gasteiger partial charge < -0.3 is 19.3 Å². The Balaban J connectivity index is 1.47. The van der Waals surface area contributed by atoms with Crippen molar-refractivity contribution in [3.05, 3.63) is 94.4 Å². The number of carbonyl (C=O) groups is 2. The Bertz CT molecular complexity index is 1280. The summed E-state index contributed by atoms with van der Waals surface area (Å²) in [5.74, 6) is -0.347. The van der Waals surface area contributed by atoms with Crippen LogP contribution >= 0.6 is 0 Å². The Hall–Kier alpha value is -3.71. The number of amides is 1. The molecule has 7 nitrogen and oxygen atoms in total. The standard InChI is InChI=1S/C30H34N2O5/c1-3-37-29(35)26-20-32(28(34)19-25(26)24-12-8-5-9-13-24)21-30(36)14-16-31(17-15-30)27(33)18-22(2)23-10-6-4-7-11-23/h4-13,19-20,22,36H,3,14-18,21H2,1-2H3. The van der Waals surface area contributed by atoms with Crippen molar-refractivity contribution in [3.8, 4) is 11.1 Å². The van der Waals surface area contributed by atoms with E-state index in [0.29, 0.717) is 37.9 Å². The van der Waals surface area contributed by atoms with E-state index in [9.17, 15) is 19.5 Å². The lowest BCUT2D eigenvalue weighted by molar-refractivity contribution is -0.136. The van der Waals surface area contributed by atoms with E-state index in [0.717, 1.165) is 11.1 Å². The lowest BCUT2D eigenvalue weighted by Gasteiger charge is -2.39. The van der Waals surface area contributed by atoms with Crippen molar-refractivity contribution in [3.63, 3.8) is 0 Å². The van der Waals surface area contributed by atoms with Crippen molar-refractivity contribution in [1.29, 1.82) is 0 Å². The second-order valence-electron chi connectivity index (χ2n) is 9.77. The van der Waals surface area contributed by atoms with Crippen LogP contribution < -0.4 is 5.56 Å². The summed E-state index contributed by atoms with van der Waals surface area (Å²) in [5.41, 5.74) is 1.17. The number of piperidine rings is 1. The fourth-order valence-electron chi connectivity index (χ4n) is 4.86. The highest BCUT2D eigenvalue weighted by Crippen LogP contribution is 2.28.